The Balaban J connectivity index is 0. The average molecular weight is 458 g/mol. The highest BCUT2D eigenvalue weighted by atomic mass is 127. The number of carbonyl (C=O) groups excluding carboxylic acids is 1. The first kappa shape index (κ1) is 25.5. The van der Waals surface area contributed by atoms with Gasteiger partial charge in [0.25, 0.3) is 0 Å². The van der Waals surface area contributed by atoms with Crippen LogP contribution in [0.3, 0.4) is 0 Å². The quantitative estimate of drug-likeness (QED) is 0.332. The molecule has 0 heterocycles. The fraction of sp³-hybridized carbons (Fsp3) is 0.875. The molecule has 0 saturated heterocycles. The van der Waals surface area contributed by atoms with Gasteiger partial charge in [0.2, 0.25) is 0 Å². The Morgan fingerprint density at radius 2 is 1.92 bits per heavy atom. The van der Waals surface area contributed by atoms with Gasteiger partial charge in [0, 0.05) is 39.8 Å². The highest BCUT2D eigenvalue weighted by Crippen LogP contribution is 2.10. The van der Waals surface area contributed by atoms with Gasteiger partial charge in [0.05, 0.1) is 6.61 Å². The molecule has 0 aliphatic heterocycles. The summed E-state index contributed by atoms with van der Waals surface area (Å²) in [5, 5.41) is 6.42. The fourth-order valence-electron chi connectivity index (χ4n) is 1.92. The molecule has 1 amide bonds. The number of guanidine groups is 1. The second kappa shape index (κ2) is 13.5. The Hall–Kier alpha value is -0.770. The van der Waals surface area contributed by atoms with Crippen LogP contribution in [-0.4, -0.2) is 69.0 Å². The van der Waals surface area contributed by atoms with Gasteiger partial charge in [-0.1, -0.05) is 6.92 Å². The van der Waals surface area contributed by atoms with Crippen LogP contribution in [0.2, 0.25) is 0 Å². The van der Waals surface area contributed by atoms with Gasteiger partial charge in [0.1, 0.15) is 5.60 Å². The van der Waals surface area contributed by atoms with E-state index >= 15 is 0 Å². The van der Waals surface area contributed by atoms with Crippen molar-refractivity contribution in [3.63, 3.8) is 0 Å². The maximum atomic E-state index is 12.2. The van der Waals surface area contributed by atoms with E-state index in [1.54, 1.807) is 19.1 Å². The van der Waals surface area contributed by atoms with Crippen molar-refractivity contribution in [2.24, 2.45) is 4.99 Å². The highest BCUT2D eigenvalue weighted by Gasteiger charge is 2.21. The molecule has 2 N–H and O–H groups in total. The van der Waals surface area contributed by atoms with Crippen LogP contribution in [0.1, 0.15) is 41.0 Å². The number of amides is 1. The molecule has 0 aliphatic carbocycles. The zero-order valence-corrected chi connectivity index (χ0v) is 18.5. The number of rotatable bonds is 8. The number of aliphatic imine (C=N–C) groups is 1. The molecular weight excluding hydrogens is 423 g/mol. The van der Waals surface area contributed by atoms with Gasteiger partial charge >= 0.3 is 6.09 Å². The minimum absolute atomic E-state index is 0. The van der Waals surface area contributed by atoms with Crippen molar-refractivity contribution in [2.75, 3.05) is 40.4 Å². The van der Waals surface area contributed by atoms with Gasteiger partial charge in [-0.2, -0.15) is 0 Å². The first-order chi connectivity index (χ1) is 10.7. The zero-order chi connectivity index (χ0) is 17.9. The third kappa shape index (κ3) is 12.6. The summed E-state index contributed by atoms with van der Waals surface area (Å²) in [4.78, 5) is 18.0. The van der Waals surface area contributed by atoms with Gasteiger partial charge in [-0.25, -0.2) is 4.79 Å². The Morgan fingerprint density at radius 1 is 1.29 bits per heavy atom. The minimum Gasteiger partial charge on any atom is -0.444 e. The summed E-state index contributed by atoms with van der Waals surface area (Å²) in [7, 11) is 3.38. The van der Waals surface area contributed by atoms with Gasteiger partial charge < -0.3 is 25.0 Å². The van der Waals surface area contributed by atoms with Crippen molar-refractivity contribution in [2.45, 2.75) is 52.7 Å². The van der Waals surface area contributed by atoms with E-state index in [4.69, 9.17) is 9.47 Å². The topological polar surface area (TPSA) is 75.2 Å². The Labute approximate surface area is 164 Å². The lowest BCUT2D eigenvalue weighted by Gasteiger charge is -2.27. The third-order valence-electron chi connectivity index (χ3n) is 2.84. The second-order valence-electron chi connectivity index (χ2n) is 6.47. The summed E-state index contributed by atoms with van der Waals surface area (Å²) in [5.41, 5.74) is -0.482. The Kier molecular flexibility index (Phi) is 14.3. The second-order valence-corrected chi connectivity index (χ2v) is 6.47. The van der Waals surface area contributed by atoms with Gasteiger partial charge in [-0.05, 0) is 34.1 Å². The average Bonchev–Trinajstić information content (AvgIpc) is 2.43. The lowest BCUT2D eigenvalue weighted by Crippen LogP contribution is -2.47. The number of ether oxygens (including phenoxy) is 2. The molecule has 1 unspecified atom stereocenters. The van der Waals surface area contributed by atoms with E-state index in [0.29, 0.717) is 32.2 Å². The van der Waals surface area contributed by atoms with Crippen LogP contribution >= 0.6 is 24.0 Å². The van der Waals surface area contributed by atoms with Crippen molar-refractivity contribution in [3.8, 4) is 0 Å². The number of methoxy groups -OCH3 is 1. The van der Waals surface area contributed by atoms with Crippen LogP contribution in [0.5, 0.6) is 0 Å². The van der Waals surface area contributed by atoms with Crippen molar-refractivity contribution in [3.05, 3.63) is 0 Å². The van der Waals surface area contributed by atoms with E-state index in [1.165, 1.54) is 0 Å². The summed E-state index contributed by atoms with van der Waals surface area (Å²) in [6.07, 6.45) is 0.605. The van der Waals surface area contributed by atoms with Crippen LogP contribution in [0.15, 0.2) is 4.99 Å². The molecule has 0 aromatic heterocycles. The molecule has 0 fully saturated rings. The summed E-state index contributed by atoms with van der Waals surface area (Å²) in [5.74, 6) is 0.690. The molecule has 0 bridgehead atoms. The minimum atomic E-state index is -0.482. The van der Waals surface area contributed by atoms with Crippen LogP contribution in [0, 0.1) is 0 Å². The molecule has 144 valence electrons. The van der Waals surface area contributed by atoms with Crippen LogP contribution in [-0.2, 0) is 9.47 Å². The molecule has 8 heteroatoms. The van der Waals surface area contributed by atoms with Crippen molar-refractivity contribution >= 4 is 36.0 Å². The number of hydrogen-bond donors (Lipinski definition) is 2. The van der Waals surface area contributed by atoms with E-state index in [0.717, 1.165) is 6.42 Å². The van der Waals surface area contributed by atoms with Crippen LogP contribution in [0.4, 0.5) is 4.79 Å². The summed E-state index contributed by atoms with van der Waals surface area (Å²) >= 11 is 0. The van der Waals surface area contributed by atoms with Crippen molar-refractivity contribution in [1.29, 1.82) is 0 Å². The molecule has 24 heavy (non-hydrogen) atoms. The first-order valence-electron chi connectivity index (χ1n) is 8.17. The Bertz CT molecular complexity index is 373. The summed E-state index contributed by atoms with van der Waals surface area (Å²) in [6, 6.07) is 0.156. The zero-order valence-electron chi connectivity index (χ0n) is 16.1. The van der Waals surface area contributed by atoms with Crippen LogP contribution in [0.25, 0.3) is 0 Å². The molecule has 0 aromatic carbocycles. The molecule has 0 aromatic rings. The normalized spacial score (nSPS) is 12.9. The first-order valence-corrected chi connectivity index (χ1v) is 8.17. The van der Waals surface area contributed by atoms with E-state index in [9.17, 15) is 4.79 Å². The fourth-order valence-corrected chi connectivity index (χ4v) is 1.92. The third-order valence-corrected chi connectivity index (χ3v) is 2.84. The molecule has 0 spiro atoms. The number of carbonyl (C=O) groups is 1. The van der Waals surface area contributed by atoms with Crippen molar-refractivity contribution in [1.82, 2.24) is 15.5 Å². The lowest BCUT2D eigenvalue weighted by atomic mass is 10.2. The molecule has 0 aliphatic rings. The lowest BCUT2D eigenvalue weighted by molar-refractivity contribution is 0.0253. The summed E-state index contributed by atoms with van der Waals surface area (Å²) < 4.78 is 10.5. The molecule has 1 atom stereocenters. The predicted octanol–water partition coefficient (Wildman–Crippen LogP) is 2.45. The molecule has 0 radical (unpaired) electrons. The molecule has 0 saturated carbocycles. The number of hydrogen-bond acceptors (Lipinski definition) is 4. The standard InChI is InChI=1S/C16H34N4O3.HI/c1-8-10-20(15(21)23-16(3,4)5)11-9-18-14(17-6)19-13(2)12-22-7;/h13H,8-12H2,1-7H3,(H2,17,18,19);1H. The summed E-state index contributed by atoms with van der Waals surface area (Å²) in [6.45, 7) is 12.1. The predicted molar refractivity (Wildman–Crippen MR) is 109 cm³/mol. The number of nitrogens with zero attached hydrogens (tertiary/aromatic N) is 2. The highest BCUT2D eigenvalue weighted by molar-refractivity contribution is 14.0. The Morgan fingerprint density at radius 3 is 2.38 bits per heavy atom. The van der Waals surface area contributed by atoms with E-state index in [1.807, 2.05) is 34.6 Å². The smallest absolute Gasteiger partial charge is 0.410 e. The molecular formula is C16H35IN4O3. The maximum Gasteiger partial charge on any atom is 0.410 e. The molecule has 0 rings (SSSR count). The van der Waals surface area contributed by atoms with Gasteiger partial charge in [-0.3, -0.25) is 4.99 Å². The SMILES string of the molecule is CCCN(CCNC(=NC)NC(C)COC)C(=O)OC(C)(C)C.I. The number of halogens is 1. The van der Waals surface area contributed by atoms with Gasteiger partial charge in [0.15, 0.2) is 5.96 Å². The number of nitrogens with one attached hydrogen (secondary N) is 2. The van der Waals surface area contributed by atoms with Gasteiger partial charge in [-0.15, -0.1) is 24.0 Å². The molecule has 7 nitrogen and oxygen atoms in total. The van der Waals surface area contributed by atoms with Crippen LogP contribution < -0.4 is 10.6 Å². The van der Waals surface area contributed by atoms with E-state index in [-0.39, 0.29) is 36.1 Å². The van der Waals surface area contributed by atoms with E-state index < -0.39 is 5.60 Å². The monoisotopic (exact) mass is 458 g/mol. The maximum absolute atomic E-state index is 12.2. The van der Waals surface area contributed by atoms with E-state index in [2.05, 4.69) is 15.6 Å². The van der Waals surface area contributed by atoms with Crippen molar-refractivity contribution < 1.29 is 14.3 Å². The largest absolute Gasteiger partial charge is 0.444 e.